The number of nitrogens with one attached hydrogen (secondary N) is 2. The number of benzene rings is 2. The Morgan fingerprint density at radius 1 is 0.833 bits per heavy atom. The van der Waals surface area contributed by atoms with Gasteiger partial charge in [0.05, 0.1) is 12.1 Å². The Balaban J connectivity index is 1.52. The molecule has 0 bridgehead atoms. The number of carbonyl (C=O) groups is 2. The zero-order valence-corrected chi connectivity index (χ0v) is 17.6. The average molecular weight is 411 g/mol. The molecule has 2 atom stereocenters. The van der Waals surface area contributed by atoms with Crippen LogP contribution < -0.4 is 10.6 Å². The summed E-state index contributed by atoms with van der Waals surface area (Å²) in [6, 6.07) is 18.7. The highest BCUT2D eigenvalue weighted by molar-refractivity contribution is 5.69. The zero-order chi connectivity index (χ0) is 21.4. The Morgan fingerprint density at radius 3 is 1.80 bits per heavy atom. The van der Waals surface area contributed by atoms with E-state index in [1.165, 1.54) is 0 Å². The van der Waals surface area contributed by atoms with Crippen LogP contribution >= 0.6 is 0 Å². The summed E-state index contributed by atoms with van der Waals surface area (Å²) in [6.45, 7) is 4.75. The van der Waals surface area contributed by atoms with Crippen LogP contribution in [0.1, 0.15) is 44.2 Å². The van der Waals surface area contributed by atoms with E-state index in [1.54, 1.807) is 0 Å². The van der Waals surface area contributed by atoms with Gasteiger partial charge in [0.15, 0.2) is 0 Å². The summed E-state index contributed by atoms with van der Waals surface area (Å²) in [5, 5.41) is 5.87. The largest absolute Gasteiger partial charge is 0.445 e. The van der Waals surface area contributed by atoms with Gasteiger partial charge in [-0.05, 0) is 35.8 Å². The second kappa shape index (κ2) is 10.1. The van der Waals surface area contributed by atoms with E-state index in [4.69, 9.17) is 9.47 Å². The van der Waals surface area contributed by atoms with Crippen LogP contribution in [0.4, 0.5) is 9.59 Å². The summed E-state index contributed by atoms with van der Waals surface area (Å²) >= 11 is 0. The van der Waals surface area contributed by atoms with E-state index in [2.05, 4.69) is 24.5 Å². The molecule has 1 aliphatic rings. The highest BCUT2D eigenvalue weighted by atomic mass is 16.6. The molecule has 0 aromatic heterocycles. The van der Waals surface area contributed by atoms with Gasteiger partial charge in [-0.1, -0.05) is 74.5 Å². The number of alkyl carbamates (subject to hydrolysis) is 2. The van der Waals surface area contributed by atoms with Crippen molar-refractivity contribution in [2.75, 3.05) is 0 Å². The number of rotatable bonds is 6. The number of hydrogen-bond donors (Lipinski definition) is 2. The molecule has 160 valence electrons. The number of ether oxygens (including phenoxy) is 2. The smallest absolute Gasteiger partial charge is 0.407 e. The molecule has 0 spiro atoms. The second-order valence-corrected chi connectivity index (χ2v) is 8.53. The normalized spacial score (nSPS) is 20.1. The van der Waals surface area contributed by atoms with Crippen molar-refractivity contribution in [2.24, 2.45) is 5.41 Å². The van der Waals surface area contributed by atoms with Crippen molar-refractivity contribution < 1.29 is 19.1 Å². The molecule has 3 rings (SSSR count). The maximum atomic E-state index is 12.4. The first-order valence-corrected chi connectivity index (χ1v) is 10.4. The van der Waals surface area contributed by atoms with Crippen molar-refractivity contribution >= 4 is 12.2 Å². The van der Waals surface area contributed by atoms with Gasteiger partial charge in [-0.3, -0.25) is 0 Å². The van der Waals surface area contributed by atoms with Gasteiger partial charge < -0.3 is 20.1 Å². The van der Waals surface area contributed by atoms with Crippen molar-refractivity contribution in [1.29, 1.82) is 0 Å². The molecule has 6 heteroatoms. The lowest BCUT2D eigenvalue weighted by Crippen LogP contribution is -2.56. The fourth-order valence-electron chi connectivity index (χ4n) is 3.74. The lowest BCUT2D eigenvalue weighted by molar-refractivity contribution is 0.102. The highest BCUT2D eigenvalue weighted by Gasteiger charge is 2.37. The molecular formula is C24H30N2O4. The van der Waals surface area contributed by atoms with Gasteiger partial charge in [-0.25, -0.2) is 9.59 Å². The molecule has 1 saturated carbocycles. The van der Waals surface area contributed by atoms with E-state index >= 15 is 0 Å². The third kappa shape index (κ3) is 6.79. The predicted molar refractivity (Wildman–Crippen MR) is 115 cm³/mol. The van der Waals surface area contributed by atoms with Gasteiger partial charge in [-0.15, -0.1) is 0 Å². The van der Waals surface area contributed by atoms with E-state index in [9.17, 15) is 9.59 Å². The first-order valence-electron chi connectivity index (χ1n) is 10.4. The summed E-state index contributed by atoms with van der Waals surface area (Å²) in [7, 11) is 0. The third-order valence-electron chi connectivity index (χ3n) is 5.42. The van der Waals surface area contributed by atoms with Crippen molar-refractivity contribution in [1.82, 2.24) is 10.6 Å². The fraction of sp³-hybridized carbons (Fsp3) is 0.417. The first kappa shape index (κ1) is 21.7. The minimum absolute atomic E-state index is 0.0729. The van der Waals surface area contributed by atoms with Crippen LogP contribution in [-0.2, 0) is 22.7 Å². The maximum absolute atomic E-state index is 12.4. The van der Waals surface area contributed by atoms with E-state index in [0.29, 0.717) is 0 Å². The van der Waals surface area contributed by atoms with Crippen LogP contribution in [-0.4, -0.2) is 24.3 Å². The molecule has 2 aromatic rings. The summed E-state index contributed by atoms with van der Waals surface area (Å²) in [4.78, 5) is 24.7. The van der Waals surface area contributed by atoms with Crippen LogP contribution in [0, 0.1) is 5.41 Å². The molecule has 2 amide bonds. The molecule has 0 saturated heterocycles. The zero-order valence-electron chi connectivity index (χ0n) is 17.6. The van der Waals surface area contributed by atoms with Gasteiger partial charge in [0, 0.05) is 0 Å². The Labute approximate surface area is 178 Å². The van der Waals surface area contributed by atoms with Gasteiger partial charge in [-0.2, -0.15) is 0 Å². The summed E-state index contributed by atoms with van der Waals surface area (Å²) in [5.41, 5.74) is 1.93. The summed E-state index contributed by atoms with van der Waals surface area (Å²) in [6.07, 6.45) is 1.50. The van der Waals surface area contributed by atoms with Crippen molar-refractivity contribution in [3.8, 4) is 0 Å². The van der Waals surface area contributed by atoms with Crippen molar-refractivity contribution in [3.05, 3.63) is 71.8 Å². The van der Waals surface area contributed by atoms with Crippen LogP contribution in [0.15, 0.2) is 60.7 Å². The van der Waals surface area contributed by atoms with Crippen LogP contribution in [0.25, 0.3) is 0 Å². The predicted octanol–water partition coefficient (Wildman–Crippen LogP) is 4.79. The van der Waals surface area contributed by atoms with Crippen LogP contribution in [0.5, 0.6) is 0 Å². The van der Waals surface area contributed by atoms with Crippen molar-refractivity contribution in [3.63, 3.8) is 0 Å². The van der Waals surface area contributed by atoms with Gasteiger partial charge in [0.25, 0.3) is 0 Å². The Bertz CT molecular complexity index is 824. The minimum Gasteiger partial charge on any atom is -0.445 e. The second-order valence-electron chi connectivity index (χ2n) is 8.53. The molecule has 6 nitrogen and oxygen atoms in total. The molecule has 0 unspecified atom stereocenters. The maximum Gasteiger partial charge on any atom is 0.407 e. The van der Waals surface area contributed by atoms with E-state index in [0.717, 1.165) is 30.4 Å². The minimum atomic E-state index is -0.481. The van der Waals surface area contributed by atoms with Crippen LogP contribution in [0.2, 0.25) is 0 Å². The Morgan fingerprint density at radius 2 is 1.30 bits per heavy atom. The third-order valence-corrected chi connectivity index (χ3v) is 5.42. The molecule has 2 N–H and O–H groups in total. The van der Waals surface area contributed by atoms with Gasteiger partial charge in [0.1, 0.15) is 13.2 Å². The monoisotopic (exact) mass is 410 g/mol. The van der Waals surface area contributed by atoms with E-state index < -0.39 is 12.2 Å². The van der Waals surface area contributed by atoms with Crippen LogP contribution in [0.3, 0.4) is 0 Å². The van der Waals surface area contributed by atoms with Gasteiger partial charge >= 0.3 is 12.2 Å². The van der Waals surface area contributed by atoms with Crippen molar-refractivity contribution in [2.45, 2.75) is 58.4 Å². The fourth-order valence-corrected chi connectivity index (χ4v) is 3.74. The number of amides is 2. The Hall–Kier alpha value is -3.02. The SMILES string of the molecule is CC1(C)CC[C@H](NC(=O)OCc2ccccc2)[C@@H](NC(=O)OCc2ccccc2)C1. The number of hydrogen-bond acceptors (Lipinski definition) is 4. The number of carbonyl (C=O) groups excluding carboxylic acids is 2. The van der Waals surface area contributed by atoms with E-state index in [-0.39, 0.29) is 30.7 Å². The highest BCUT2D eigenvalue weighted by Crippen LogP contribution is 2.35. The molecule has 1 aliphatic carbocycles. The molecule has 2 aromatic carbocycles. The first-order chi connectivity index (χ1) is 14.4. The average Bonchev–Trinajstić information content (AvgIpc) is 2.74. The summed E-state index contributed by atoms with van der Waals surface area (Å²) < 4.78 is 10.7. The molecule has 0 aliphatic heterocycles. The molecule has 0 heterocycles. The molecule has 0 radical (unpaired) electrons. The topological polar surface area (TPSA) is 76.7 Å². The lowest BCUT2D eigenvalue weighted by atomic mass is 9.73. The quantitative estimate of drug-likeness (QED) is 0.718. The standard InChI is InChI=1S/C24H30N2O4/c1-24(2)14-13-20(25-22(27)29-16-18-9-5-3-6-10-18)21(15-24)26-23(28)30-17-19-11-7-4-8-12-19/h3-12,20-21H,13-17H2,1-2H3,(H,25,27)(H,26,28)/t20-,21-/m0/s1. The van der Waals surface area contributed by atoms with Gasteiger partial charge in [0.2, 0.25) is 0 Å². The summed E-state index contributed by atoms with van der Waals surface area (Å²) in [5.74, 6) is 0. The van der Waals surface area contributed by atoms with E-state index in [1.807, 2.05) is 60.7 Å². The molecule has 30 heavy (non-hydrogen) atoms. The Kier molecular flexibility index (Phi) is 7.33. The molecular weight excluding hydrogens is 380 g/mol. The molecule has 1 fully saturated rings. The lowest BCUT2D eigenvalue weighted by Gasteiger charge is -2.40.